The molecular formula is C34H32FN3O3. The Balaban J connectivity index is 1.36. The van der Waals surface area contributed by atoms with Gasteiger partial charge in [-0.05, 0) is 42.0 Å². The summed E-state index contributed by atoms with van der Waals surface area (Å²) >= 11 is 0. The van der Waals surface area contributed by atoms with Crippen molar-refractivity contribution >= 4 is 34.2 Å². The Labute approximate surface area is 238 Å². The van der Waals surface area contributed by atoms with Crippen LogP contribution in [0.2, 0.25) is 0 Å². The number of carbonyl (C=O) groups excluding carboxylic acids is 3. The van der Waals surface area contributed by atoms with Crippen LogP contribution < -0.4 is 10.2 Å². The van der Waals surface area contributed by atoms with Crippen molar-refractivity contribution < 1.29 is 18.8 Å². The van der Waals surface area contributed by atoms with Gasteiger partial charge in [0, 0.05) is 35.5 Å². The van der Waals surface area contributed by atoms with E-state index in [1.165, 1.54) is 15.9 Å². The van der Waals surface area contributed by atoms with E-state index in [4.69, 9.17) is 0 Å². The maximum atomic E-state index is 14.9. The lowest BCUT2D eigenvalue weighted by atomic mass is 10.0. The summed E-state index contributed by atoms with van der Waals surface area (Å²) in [5, 5.41) is 4.89. The maximum Gasteiger partial charge on any atom is 0.259 e. The number of nitrogens with one attached hydrogen (secondary N) is 1. The zero-order valence-electron chi connectivity index (χ0n) is 22.8. The molecule has 1 heterocycles. The Hall–Kier alpha value is -4.52. The summed E-state index contributed by atoms with van der Waals surface area (Å²) in [6.07, 6.45) is 4.17. The molecule has 1 saturated carbocycles. The number of hydrogen-bond acceptors (Lipinski definition) is 3. The van der Waals surface area contributed by atoms with Crippen molar-refractivity contribution in [2.45, 2.75) is 50.7 Å². The number of nitrogens with zero attached hydrogens (tertiary/aromatic N) is 2. The van der Waals surface area contributed by atoms with E-state index >= 15 is 0 Å². The molecule has 208 valence electrons. The number of hydrogen-bond donors (Lipinski definition) is 1. The first-order valence-electron chi connectivity index (χ1n) is 14.2. The van der Waals surface area contributed by atoms with Crippen LogP contribution in [0.4, 0.5) is 10.1 Å². The van der Waals surface area contributed by atoms with E-state index < -0.39 is 17.8 Å². The third kappa shape index (κ3) is 5.44. The molecule has 0 radical (unpaired) electrons. The Bertz CT molecular complexity index is 1590. The van der Waals surface area contributed by atoms with Crippen LogP contribution in [0.25, 0.3) is 10.8 Å². The Morgan fingerprint density at radius 1 is 0.902 bits per heavy atom. The van der Waals surface area contributed by atoms with Crippen LogP contribution in [0.3, 0.4) is 0 Å². The number of benzene rings is 4. The van der Waals surface area contributed by atoms with Gasteiger partial charge in [0.25, 0.3) is 5.91 Å². The van der Waals surface area contributed by atoms with Gasteiger partial charge in [-0.3, -0.25) is 19.3 Å². The van der Waals surface area contributed by atoms with Gasteiger partial charge < -0.3 is 10.2 Å². The van der Waals surface area contributed by atoms with Crippen LogP contribution in [0.5, 0.6) is 0 Å². The molecule has 1 aliphatic heterocycles. The van der Waals surface area contributed by atoms with Crippen LogP contribution in [0, 0.1) is 5.82 Å². The van der Waals surface area contributed by atoms with Crippen molar-refractivity contribution in [3.05, 3.63) is 114 Å². The summed E-state index contributed by atoms with van der Waals surface area (Å²) in [4.78, 5) is 44.5. The van der Waals surface area contributed by atoms with Gasteiger partial charge in [0.05, 0.1) is 5.69 Å². The van der Waals surface area contributed by atoms with Crippen molar-refractivity contribution in [1.29, 1.82) is 0 Å². The second kappa shape index (κ2) is 11.5. The lowest BCUT2D eigenvalue weighted by Gasteiger charge is -2.33. The van der Waals surface area contributed by atoms with Crippen molar-refractivity contribution in [3.63, 3.8) is 0 Å². The van der Waals surface area contributed by atoms with Gasteiger partial charge in [-0.15, -0.1) is 0 Å². The molecule has 1 fully saturated rings. The standard InChI is InChI=1S/C34H32FN3O3/c35-28-18-7-4-12-25(28)21-37(30(20-23-10-2-1-3-11-23)33(40)36-26-15-5-6-16-26)31(39)22-38-29-19-9-14-24-13-8-17-27(32(24)29)34(38)41/h1-4,7-14,17-19,26,30H,5-6,15-16,20-22H2,(H,36,40). The van der Waals surface area contributed by atoms with Crippen LogP contribution >= 0.6 is 0 Å². The van der Waals surface area contributed by atoms with Crippen LogP contribution in [0.15, 0.2) is 91.0 Å². The molecule has 0 bridgehead atoms. The fourth-order valence-corrected chi connectivity index (χ4v) is 6.09. The zero-order chi connectivity index (χ0) is 28.3. The fraction of sp³-hybridized carbons (Fsp3) is 0.265. The highest BCUT2D eigenvalue weighted by Crippen LogP contribution is 2.37. The predicted octanol–water partition coefficient (Wildman–Crippen LogP) is 5.64. The number of rotatable bonds is 9. The molecule has 1 unspecified atom stereocenters. The molecule has 1 N–H and O–H groups in total. The second-order valence-corrected chi connectivity index (χ2v) is 10.9. The molecule has 7 heteroatoms. The van der Waals surface area contributed by atoms with Crippen LogP contribution in [-0.4, -0.2) is 41.2 Å². The molecule has 6 nitrogen and oxygen atoms in total. The Morgan fingerprint density at radius 2 is 1.61 bits per heavy atom. The minimum Gasteiger partial charge on any atom is -0.352 e. The summed E-state index contributed by atoms with van der Waals surface area (Å²) in [6.45, 7) is -0.358. The van der Waals surface area contributed by atoms with E-state index in [0.29, 0.717) is 16.8 Å². The summed E-state index contributed by atoms with van der Waals surface area (Å²) in [7, 11) is 0. The number of halogens is 1. The SMILES string of the molecule is O=C(NC1CCCC1)C(Cc1ccccc1)N(Cc1ccccc1F)C(=O)CN1C(=O)c2cccc3cccc1c23. The minimum atomic E-state index is -0.888. The topological polar surface area (TPSA) is 69.7 Å². The summed E-state index contributed by atoms with van der Waals surface area (Å²) in [5.41, 5.74) is 2.41. The van der Waals surface area contributed by atoms with Gasteiger partial charge in [-0.2, -0.15) is 0 Å². The highest BCUT2D eigenvalue weighted by Gasteiger charge is 2.36. The number of anilines is 1. The first kappa shape index (κ1) is 26.7. The quantitative estimate of drug-likeness (QED) is 0.294. The molecular weight excluding hydrogens is 517 g/mol. The lowest BCUT2D eigenvalue weighted by molar-refractivity contribution is -0.140. The van der Waals surface area contributed by atoms with Gasteiger partial charge in [-0.1, -0.05) is 85.6 Å². The van der Waals surface area contributed by atoms with Crippen molar-refractivity contribution in [2.24, 2.45) is 0 Å². The first-order valence-corrected chi connectivity index (χ1v) is 14.2. The van der Waals surface area contributed by atoms with E-state index in [0.717, 1.165) is 42.0 Å². The fourth-order valence-electron chi connectivity index (χ4n) is 6.09. The number of amides is 3. The highest BCUT2D eigenvalue weighted by atomic mass is 19.1. The van der Waals surface area contributed by atoms with E-state index in [-0.39, 0.29) is 37.4 Å². The second-order valence-electron chi connectivity index (χ2n) is 10.9. The molecule has 41 heavy (non-hydrogen) atoms. The Kier molecular flexibility index (Phi) is 7.51. The monoisotopic (exact) mass is 549 g/mol. The largest absolute Gasteiger partial charge is 0.352 e. The van der Waals surface area contributed by atoms with E-state index in [9.17, 15) is 18.8 Å². The zero-order valence-corrected chi connectivity index (χ0v) is 22.8. The van der Waals surface area contributed by atoms with Crippen LogP contribution in [-0.2, 0) is 22.6 Å². The first-order chi connectivity index (χ1) is 20.0. The third-order valence-electron chi connectivity index (χ3n) is 8.21. The molecule has 2 aliphatic rings. The Morgan fingerprint density at radius 3 is 2.37 bits per heavy atom. The molecule has 0 spiro atoms. The average molecular weight is 550 g/mol. The lowest BCUT2D eigenvalue weighted by Crippen LogP contribution is -2.54. The highest BCUT2D eigenvalue weighted by molar-refractivity contribution is 6.26. The van der Waals surface area contributed by atoms with Gasteiger partial charge in [0.15, 0.2) is 0 Å². The van der Waals surface area contributed by atoms with Crippen LogP contribution in [0.1, 0.15) is 47.2 Å². The molecule has 0 saturated heterocycles. The smallest absolute Gasteiger partial charge is 0.259 e. The van der Waals surface area contributed by atoms with E-state index in [1.54, 1.807) is 24.3 Å². The molecule has 0 aromatic heterocycles. The van der Waals surface area contributed by atoms with Gasteiger partial charge in [0.1, 0.15) is 18.4 Å². The van der Waals surface area contributed by atoms with Crippen molar-refractivity contribution in [3.8, 4) is 0 Å². The molecule has 1 atom stereocenters. The van der Waals surface area contributed by atoms with Gasteiger partial charge in [-0.25, -0.2) is 4.39 Å². The van der Waals surface area contributed by atoms with Gasteiger partial charge in [0.2, 0.25) is 11.8 Å². The van der Waals surface area contributed by atoms with Crippen molar-refractivity contribution in [1.82, 2.24) is 10.2 Å². The summed E-state index contributed by atoms with van der Waals surface area (Å²) in [5.74, 6) is -1.39. The predicted molar refractivity (Wildman–Crippen MR) is 157 cm³/mol. The molecule has 3 amide bonds. The summed E-state index contributed by atoms with van der Waals surface area (Å²) in [6, 6.07) is 26.2. The molecule has 6 rings (SSSR count). The molecule has 4 aromatic rings. The van der Waals surface area contributed by atoms with Gasteiger partial charge >= 0.3 is 0 Å². The van der Waals surface area contributed by atoms with Crippen molar-refractivity contribution in [2.75, 3.05) is 11.4 Å². The average Bonchev–Trinajstić information content (AvgIpc) is 3.60. The normalized spacial score (nSPS) is 15.3. The molecule has 1 aliphatic carbocycles. The summed E-state index contributed by atoms with van der Waals surface area (Å²) < 4.78 is 14.9. The van der Waals surface area contributed by atoms with E-state index in [1.807, 2.05) is 60.7 Å². The maximum absolute atomic E-state index is 14.9. The minimum absolute atomic E-state index is 0.0541. The number of carbonyl (C=O) groups is 3. The van der Waals surface area contributed by atoms with E-state index in [2.05, 4.69) is 5.32 Å². The third-order valence-corrected chi connectivity index (χ3v) is 8.21. The molecule has 4 aromatic carbocycles.